The minimum atomic E-state index is -3.81. The molecule has 0 unspecified atom stereocenters. The van der Waals surface area contributed by atoms with Crippen molar-refractivity contribution >= 4 is 44.3 Å². The van der Waals surface area contributed by atoms with Crippen molar-refractivity contribution in [3.05, 3.63) is 88.7 Å². The number of hydrogen-bond acceptors (Lipinski definition) is 6. The summed E-state index contributed by atoms with van der Waals surface area (Å²) in [6, 6.07) is 20.1. The van der Waals surface area contributed by atoms with Crippen LogP contribution in [-0.2, 0) is 14.8 Å². The standard InChI is InChI=1S/C23H20N4O4S2/c1-15-6-10-17(11-7-15)27-22(29)19-4-2-3-5-20(19)26-23(27)32-14-21(28)25-16-8-12-18(13-9-16)33(24,30)31/h2-13H,14H2,1H3,(H,25,28)(H2,24,30,31). The van der Waals surface area contributed by atoms with Crippen LogP contribution in [0.5, 0.6) is 0 Å². The molecule has 0 radical (unpaired) electrons. The summed E-state index contributed by atoms with van der Waals surface area (Å²) in [6.07, 6.45) is 0. The third-order valence-electron chi connectivity index (χ3n) is 4.84. The number of carbonyl (C=O) groups is 1. The first kappa shape index (κ1) is 22.7. The Balaban J connectivity index is 1.60. The fourth-order valence-electron chi connectivity index (χ4n) is 3.19. The van der Waals surface area contributed by atoms with E-state index in [1.54, 1.807) is 24.3 Å². The number of nitrogens with two attached hydrogens (primary N) is 1. The second-order valence-electron chi connectivity index (χ2n) is 7.29. The van der Waals surface area contributed by atoms with Crippen LogP contribution < -0.4 is 16.0 Å². The average Bonchev–Trinajstić information content (AvgIpc) is 2.78. The molecule has 10 heteroatoms. The van der Waals surface area contributed by atoms with Crippen LogP contribution >= 0.6 is 11.8 Å². The Morgan fingerprint density at radius 1 is 1.03 bits per heavy atom. The first-order valence-corrected chi connectivity index (χ1v) is 12.4. The van der Waals surface area contributed by atoms with Gasteiger partial charge < -0.3 is 5.32 Å². The molecule has 0 aliphatic rings. The number of anilines is 1. The maximum atomic E-state index is 13.2. The van der Waals surface area contributed by atoms with Crippen LogP contribution in [0.15, 0.2) is 87.6 Å². The Hall–Kier alpha value is -3.47. The number of aromatic nitrogens is 2. The van der Waals surface area contributed by atoms with Crippen LogP contribution in [0, 0.1) is 6.92 Å². The molecule has 1 amide bonds. The number of thioether (sulfide) groups is 1. The Labute approximate surface area is 194 Å². The Bertz CT molecular complexity index is 1500. The maximum Gasteiger partial charge on any atom is 0.266 e. The van der Waals surface area contributed by atoms with Gasteiger partial charge in [-0.25, -0.2) is 18.5 Å². The summed E-state index contributed by atoms with van der Waals surface area (Å²) in [5.74, 6) is -0.339. The van der Waals surface area contributed by atoms with E-state index in [1.807, 2.05) is 31.2 Å². The summed E-state index contributed by atoms with van der Waals surface area (Å²) in [5.41, 5.74) is 2.47. The van der Waals surface area contributed by atoms with Crippen LogP contribution in [0.1, 0.15) is 5.56 Å². The molecule has 0 aliphatic heterocycles. The SMILES string of the molecule is Cc1ccc(-n2c(SCC(=O)Nc3ccc(S(N)(=O)=O)cc3)nc3ccccc3c2=O)cc1. The molecule has 0 spiro atoms. The molecule has 8 nitrogen and oxygen atoms in total. The van der Waals surface area contributed by atoms with E-state index < -0.39 is 10.0 Å². The lowest BCUT2D eigenvalue weighted by Crippen LogP contribution is -2.23. The lowest BCUT2D eigenvalue weighted by molar-refractivity contribution is -0.113. The summed E-state index contributed by atoms with van der Waals surface area (Å²) in [7, 11) is -3.81. The first-order valence-electron chi connectivity index (χ1n) is 9.87. The van der Waals surface area contributed by atoms with Crippen molar-refractivity contribution < 1.29 is 13.2 Å². The number of benzene rings is 3. The lowest BCUT2D eigenvalue weighted by atomic mass is 10.2. The highest BCUT2D eigenvalue weighted by Crippen LogP contribution is 2.22. The zero-order valence-corrected chi connectivity index (χ0v) is 19.2. The predicted molar refractivity (Wildman–Crippen MR) is 129 cm³/mol. The van der Waals surface area contributed by atoms with E-state index in [1.165, 1.54) is 28.8 Å². The van der Waals surface area contributed by atoms with Gasteiger partial charge >= 0.3 is 0 Å². The maximum absolute atomic E-state index is 13.2. The number of nitrogens with one attached hydrogen (secondary N) is 1. The molecule has 0 fully saturated rings. The lowest BCUT2D eigenvalue weighted by Gasteiger charge is -2.13. The molecule has 3 N–H and O–H groups in total. The third kappa shape index (κ3) is 5.14. The predicted octanol–water partition coefficient (Wildman–Crippen LogP) is 3.07. The summed E-state index contributed by atoms with van der Waals surface area (Å²) in [5, 5.41) is 8.67. The van der Waals surface area contributed by atoms with E-state index in [0.29, 0.717) is 27.4 Å². The van der Waals surface area contributed by atoms with Gasteiger partial charge in [-0.05, 0) is 55.5 Å². The highest BCUT2D eigenvalue weighted by Gasteiger charge is 2.15. The quantitative estimate of drug-likeness (QED) is 0.323. The molecule has 0 saturated heterocycles. The molecular weight excluding hydrogens is 460 g/mol. The third-order valence-corrected chi connectivity index (χ3v) is 6.70. The molecule has 4 rings (SSSR count). The smallest absolute Gasteiger partial charge is 0.266 e. The molecule has 3 aromatic carbocycles. The van der Waals surface area contributed by atoms with E-state index in [4.69, 9.17) is 5.14 Å². The highest BCUT2D eigenvalue weighted by atomic mass is 32.2. The largest absolute Gasteiger partial charge is 0.325 e. The molecule has 33 heavy (non-hydrogen) atoms. The molecule has 0 saturated carbocycles. The van der Waals surface area contributed by atoms with Crippen LogP contribution in [0.2, 0.25) is 0 Å². The van der Waals surface area contributed by atoms with E-state index in [-0.39, 0.29) is 22.1 Å². The van der Waals surface area contributed by atoms with E-state index >= 15 is 0 Å². The van der Waals surface area contributed by atoms with Gasteiger partial charge in [0.05, 0.1) is 27.2 Å². The minimum Gasteiger partial charge on any atom is -0.325 e. The monoisotopic (exact) mass is 480 g/mol. The normalized spacial score (nSPS) is 11.5. The van der Waals surface area contributed by atoms with Crippen molar-refractivity contribution in [1.29, 1.82) is 0 Å². The van der Waals surface area contributed by atoms with Crippen molar-refractivity contribution in [2.24, 2.45) is 5.14 Å². The first-order chi connectivity index (χ1) is 15.7. The van der Waals surface area contributed by atoms with Gasteiger partial charge in [0.1, 0.15) is 0 Å². The van der Waals surface area contributed by atoms with Crippen molar-refractivity contribution in [3.63, 3.8) is 0 Å². The number of sulfonamides is 1. The van der Waals surface area contributed by atoms with Gasteiger partial charge in [-0.3, -0.25) is 14.2 Å². The van der Waals surface area contributed by atoms with Crippen LogP contribution in [0.25, 0.3) is 16.6 Å². The topological polar surface area (TPSA) is 124 Å². The fraction of sp³-hybridized carbons (Fsp3) is 0.0870. The van der Waals surface area contributed by atoms with Crippen molar-refractivity contribution in [2.45, 2.75) is 17.0 Å². The number of nitrogens with zero attached hydrogens (tertiary/aromatic N) is 2. The number of para-hydroxylation sites is 1. The van der Waals surface area contributed by atoms with Gasteiger partial charge in [-0.15, -0.1) is 0 Å². The molecular formula is C23H20N4O4S2. The van der Waals surface area contributed by atoms with Crippen molar-refractivity contribution in [3.8, 4) is 5.69 Å². The number of aryl methyl sites for hydroxylation is 1. The van der Waals surface area contributed by atoms with Gasteiger partial charge in [0, 0.05) is 5.69 Å². The zero-order chi connectivity index (χ0) is 23.6. The van der Waals surface area contributed by atoms with Gasteiger partial charge in [-0.2, -0.15) is 0 Å². The second-order valence-corrected chi connectivity index (χ2v) is 9.80. The Morgan fingerprint density at radius 2 is 1.70 bits per heavy atom. The summed E-state index contributed by atoms with van der Waals surface area (Å²) < 4.78 is 24.2. The number of fused-ring (bicyclic) bond motifs is 1. The molecule has 4 aromatic rings. The molecule has 1 aromatic heterocycles. The van der Waals surface area contributed by atoms with Gasteiger partial charge in [-0.1, -0.05) is 41.6 Å². The molecule has 168 valence electrons. The molecule has 0 bridgehead atoms. The number of amides is 1. The van der Waals surface area contributed by atoms with Gasteiger partial charge in [0.25, 0.3) is 5.56 Å². The van der Waals surface area contributed by atoms with Gasteiger partial charge in [0.2, 0.25) is 15.9 Å². The summed E-state index contributed by atoms with van der Waals surface area (Å²) in [6.45, 7) is 1.96. The summed E-state index contributed by atoms with van der Waals surface area (Å²) >= 11 is 1.13. The van der Waals surface area contributed by atoms with Crippen molar-refractivity contribution in [2.75, 3.05) is 11.1 Å². The minimum absolute atomic E-state index is 0.00637. The number of hydrogen-bond donors (Lipinski definition) is 2. The molecule has 0 aliphatic carbocycles. The molecule has 0 atom stereocenters. The molecule has 1 heterocycles. The Morgan fingerprint density at radius 3 is 2.36 bits per heavy atom. The number of rotatable bonds is 6. The zero-order valence-electron chi connectivity index (χ0n) is 17.6. The van der Waals surface area contributed by atoms with E-state index in [9.17, 15) is 18.0 Å². The van der Waals surface area contributed by atoms with E-state index in [0.717, 1.165) is 17.3 Å². The van der Waals surface area contributed by atoms with E-state index in [2.05, 4.69) is 10.3 Å². The fourth-order valence-corrected chi connectivity index (χ4v) is 4.51. The average molecular weight is 481 g/mol. The highest BCUT2D eigenvalue weighted by molar-refractivity contribution is 7.99. The summed E-state index contributed by atoms with van der Waals surface area (Å²) in [4.78, 5) is 30.3. The number of carbonyl (C=O) groups excluding carboxylic acids is 1. The van der Waals surface area contributed by atoms with Crippen LogP contribution in [-0.4, -0.2) is 29.6 Å². The van der Waals surface area contributed by atoms with Gasteiger partial charge in [0.15, 0.2) is 5.16 Å². The Kier molecular flexibility index (Phi) is 6.32. The second kappa shape index (κ2) is 9.18. The van der Waals surface area contributed by atoms with Crippen LogP contribution in [0.4, 0.5) is 5.69 Å². The van der Waals surface area contributed by atoms with Crippen molar-refractivity contribution in [1.82, 2.24) is 9.55 Å². The van der Waals surface area contributed by atoms with Crippen LogP contribution in [0.3, 0.4) is 0 Å². The number of primary sulfonamides is 1.